The molecule has 1 aromatic carbocycles. The van der Waals surface area contributed by atoms with Gasteiger partial charge in [0.25, 0.3) is 17.4 Å². The average Bonchev–Trinajstić information content (AvgIpc) is 3.13. The minimum atomic E-state index is -1.90. The number of fused-ring (bicyclic) bond motifs is 1. The number of benzene rings is 1. The number of carbonyl (C=O) groups excluding carboxylic acids is 4. The van der Waals surface area contributed by atoms with Crippen LogP contribution in [0.1, 0.15) is 48.2 Å². The molecule has 0 aliphatic heterocycles. The molecule has 2 aromatic heterocycles. The molecule has 3 aromatic rings. The SMILES string of the molecule is [NH-]C(CCC(=O)CCC(NC(=O)c1ccc(NCc2cnc3nc(N)[nH]c(=O)c3n2)cc1)C(=O)O)C(=O)[N-]C(CC(=O)O)C(=O)[N-]C(C[S-])C(=O)O.[O]=[99Tc+4]. The number of aromatic amines is 1. The van der Waals surface area contributed by atoms with Crippen molar-refractivity contribution in [3.63, 3.8) is 0 Å². The molecule has 287 valence electrons. The van der Waals surface area contributed by atoms with Gasteiger partial charge >= 0.3 is 34.3 Å². The Morgan fingerprint density at radius 1 is 0.926 bits per heavy atom. The Kier molecular flexibility index (Phi) is 17.9. The van der Waals surface area contributed by atoms with Crippen LogP contribution in [-0.4, -0.2) is 107 Å². The van der Waals surface area contributed by atoms with Crippen LogP contribution < -0.4 is 21.9 Å². The van der Waals surface area contributed by atoms with Crippen LogP contribution in [0.3, 0.4) is 0 Å². The Morgan fingerprint density at radius 3 is 2.15 bits per heavy atom. The van der Waals surface area contributed by atoms with Crippen molar-refractivity contribution in [2.24, 2.45) is 0 Å². The van der Waals surface area contributed by atoms with Crippen LogP contribution in [0.4, 0.5) is 11.6 Å². The standard InChI is InChI=1S/C30H35N10O11S.O.Tc/c31-17(25(45)37-19(9-21(42)43)26(46)38-20(12-52)29(50)51)7-5-16(41)6-8-18(28(48)49)36-24(44)13-1-3-14(4-2-13)33-10-15-11-34-23-22(35-15)27(47)40-30(32)39-23;;/h1-4,11,17-20,31H,5-10,12H2,(H11,32,33,34,36,37,38,39,40,42,43,44,45,46,47,48,49,50,51,52);;/q-1;;+4/p-3/i;;1+1. The summed E-state index contributed by atoms with van der Waals surface area (Å²) in [5, 5.41) is 39.7. The molecule has 54 heavy (non-hydrogen) atoms. The van der Waals surface area contributed by atoms with Crippen LogP contribution in [0.15, 0.2) is 35.3 Å². The number of nitrogens with two attached hydrogens (primary N) is 1. The van der Waals surface area contributed by atoms with E-state index in [2.05, 4.69) is 53.8 Å². The molecule has 0 aliphatic carbocycles. The maximum absolute atomic E-state index is 12.8. The zero-order chi connectivity index (χ0) is 40.5. The molecule has 0 radical (unpaired) electrons. The Hall–Kier alpha value is -5.71. The molecule has 4 atom stereocenters. The summed E-state index contributed by atoms with van der Waals surface area (Å²) in [6.07, 6.45) is -1.04. The first kappa shape index (κ1) is 44.5. The van der Waals surface area contributed by atoms with Crippen molar-refractivity contribution in [3.05, 3.63) is 68.4 Å². The summed E-state index contributed by atoms with van der Waals surface area (Å²) in [5.74, 6) is -8.94. The number of ketones is 1. The van der Waals surface area contributed by atoms with E-state index < -0.39 is 89.7 Å². The molecule has 0 saturated heterocycles. The fourth-order valence-electron chi connectivity index (χ4n) is 4.35. The molecule has 0 fully saturated rings. The van der Waals surface area contributed by atoms with Gasteiger partial charge in [0.1, 0.15) is 11.8 Å². The number of hydrogen-bond acceptors (Lipinski definition) is 15. The van der Waals surface area contributed by atoms with Crippen LogP contribution in [-0.2, 0) is 70.3 Å². The van der Waals surface area contributed by atoms with Gasteiger partial charge in [0, 0.05) is 42.3 Å². The van der Waals surface area contributed by atoms with Crippen LogP contribution in [0.5, 0.6) is 0 Å². The number of aliphatic carboxylic acids is 3. The first-order valence-electron chi connectivity index (χ1n) is 15.4. The van der Waals surface area contributed by atoms with E-state index in [-0.39, 0.29) is 48.5 Å². The second-order valence-corrected chi connectivity index (χ2v) is 11.4. The molecular weight excluding hydrogens is 823 g/mol. The normalized spacial score (nSPS) is 12.8. The maximum atomic E-state index is 12.8. The number of nitrogens with one attached hydrogen (secondary N) is 4. The van der Waals surface area contributed by atoms with Gasteiger partial charge in [-0.25, -0.2) is 14.8 Å². The van der Waals surface area contributed by atoms with Gasteiger partial charge in [-0.3, -0.25) is 29.0 Å². The number of H-pyrrole nitrogens is 1. The van der Waals surface area contributed by atoms with E-state index in [1.165, 1.54) is 18.3 Å². The summed E-state index contributed by atoms with van der Waals surface area (Å²) in [4.78, 5) is 111. The number of Topliss-reactive ketones (excluding diaryl/α,β-unsaturated/α-hetero) is 1. The Labute approximate surface area is 320 Å². The molecule has 0 aliphatic rings. The van der Waals surface area contributed by atoms with Gasteiger partial charge in [-0.1, -0.05) is 18.5 Å². The van der Waals surface area contributed by atoms with Crippen molar-refractivity contribution in [2.45, 2.75) is 62.8 Å². The van der Waals surface area contributed by atoms with Crippen LogP contribution in [0.25, 0.3) is 27.5 Å². The van der Waals surface area contributed by atoms with Gasteiger partial charge in [0.15, 0.2) is 11.2 Å². The molecule has 9 N–H and O–H groups in total. The van der Waals surface area contributed by atoms with Gasteiger partial charge in [-0.2, -0.15) is 10.7 Å². The Bertz CT molecular complexity index is 1920. The summed E-state index contributed by atoms with van der Waals surface area (Å²) >= 11 is 5.49. The third-order valence-electron chi connectivity index (χ3n) is 7.09. The molecule has 3 rings (SSSR count). The van der Waals surface area contributed by atoms with Gasteiger partial charge in [-0.05, 0) is 36.7 Å². The molecular formula is C30H32N10O12STc. The zero-order valence-corrected chi connectivity index (χ0v) is 30.4. The van der Waals surface area contributed by atoms with Gasteiger partial charge < -0.3 is 70.3 Å². The molecule has 24 heteroatoms. The van der Waals surface area contributed by atoms with Crippen molar-refractivity contribution in [1.82, 2.24) is 25.3 Å². The summed E-state index contributed by atoms with van der Waals surface area (Å²) in [5.41, 5.74) is 14.1. The third kappa shape index (κ3) is 14.0. The van der Waals surface area contributed by atoms with Crippen molar-refractivity contribution in [3.8, 4) is 0 Å². The summed E-state index contributed by atoms with van der Waals surface area (Å²) in [6.45, 7) is 0.156. The molecule has 0 bridgehead atoms. The Morgan fingerprint density at radius 2 is 1.56 bits per heavy atom. The number of carboxylic acids is 3. The molecule has 0 saturated carbocycles. The summed E-state index contributed by atoms with van der Waals surface area (Å²) in [6, 6.07) is -0.778. The molecule has 22 nitrogen and oxygen atoms in total. The third-order valence-corrected chi connectivity index (χ3v) is 7.41. The molecule has 3 amide bonds. The van der Waals surface area contributed by atoms with E-state index in [4.69, 9.17) is 25.2 Å². The fraction of sp³-hybridized carbons (Fsp3) is 0.367. The van der Waals surface area contributed by atoms with Gasteiger partial charge in [0.2, 0.25) is 5.95 Å². The van der Waals surface area contributed by atoms with E-state index in [0.29, 0.717) is 11.4 Å². The van der Waals surface area contributed by atoms with Gasteiger partial charge in [0.05, 0.1) is 18.4 Å². The quantitative estimate of drug-likeness (QED) is 0.0744. The summed E-state index contributed by atoms with van der Waals surface area (Å²) in [7, 11) is 0. The predicted molar refractivity (Wildman–Crippen MR) is 184 cm³/mol. The van der Waals surface area contributed by atoms with E-state index in [1.54, 1.807) is 12.1 Å². The van der Waals surface area contributed by atoms with Crippen molar-refractivity contribution in [1.29, 1.82) is 0 Å². The minimum absolute atomic E-state index is 0.00544. The van der Waals surface area contributed by atoms with Crippen molar-refractivity contribution in [2.75, 3.05) is 16.8 Å². The molecule has 0 spiro atoms. The second kappa shape index (κ2) is 21.7. The first-order valence-corrected chi connectivity index (χ1v) is 16.7. The number of amides is 3. The number of anilines is 2. The number of carbonyl (C=O) groups is 7. The predicted octanol–water partition coefficient (Wildman–Crippen LogP) is 0.163. The number of hydrogen-bond donors (Lipinski definition) is 7. The molecule has 4 unspecified atom stereocenters. The van der Waals surface area contributed by atoms with E-state index in [9.17, 15) is 43.5 Å². The van der Waals surface area contributed by atoms with Crippen LogP contribution in [0.2, 0.25) is 0 Å². The summed E-state index contributed by atoms with van der Waals surface area (Å²) < 4.78 is 8.22. The Balaban J connectivity index is 0.00000495. The first-order chi connectivity index (χ1) is 25.6. The topological polar surface area (TPSA) is 371 Å². The number of aromatic nitrogens is 4. The van der Waals surface area contributed by atoms with E-state index >= 15 is 0 Å². The number of rotatable bonds is 20. The number of carboxylic acid groups (broad SMARTS) is 3. The van der Waals surface area contributed by atoms with Gasteiger partial charge in [-0.15, -0.1) is 0 Å². The van der Waals surface area contributed by atoms with Crippen LogP contribution in [0, 0.1) is 0 Å². The van der Waals surface area contributed by atoms with Crippen molar-refractivity contribution >= 4 is 76.8 Å². The number of nitrogen functional groups attached to an aromatic ring is 1. The van der Waals surface area contributed by atoms with E-state index in [0.717, 1.165) is 18.9 Å². The fourth-order valence-corrected chi connectivity index (χ4v) is 4.56. The zero-order valence-electron chi connectivity index (χ0n) is 27.8. The second-order valence-electron chi connectivity index (χ2n) is 11.0. The number of nitrogens with zero attached hydrogens (tertiary/aromatic N) is 5. The monoisotopic (exact) mass is 855 g/mol. The van der Waals surface area contributed by atoms with Crippen molar-refractivity contribution < 1.29 is 71.2 Å². The van der Waals surface area contributed by atoms with Crippen LogP contribution >= 0.6 is 0 Å². The van der Waals surface area contributed by atoms with E-state index in [1.807, 2.05) is 0 Å². The average molecular weight is 856 g/mol. The molecule has 2 heterocycles.